The van der Waals surface area contributed by atoms with E-state index in [-0.39, 0.29) is 23.1 Å². The van der Waals surface area contributed by atoms with Gasteiger partial charge < -0.3 is 16.0 Å². The summed E-state index contributed by atoms with van der Waals surface area (Å²) in [5, 5.41) is 9.29. The van der Waals surface area contributed by atoms with Crippen molar-refractivity contribution in [1.82, 2.24) is 10.6 Å². The van der Waals surface area contributed by atoms with E-state index in [1.54, 1.807) is 12.1 Å². The summed E-state index contributed by atoms with van der Waals surface area (Å²) in [6.45, 7) is 2.44. The van der Waals surface area contributed by atoms with Crippen LogP contribution in [-0.2, 0) is 11.3 Å². The van der Waals surface area contributed by atoms with Crippen LogP contribution in [0.4, 0.5) is 5.69 Å². The molecule has 5 nitrogen and oxygen atoms in total. The van der Waals surface area contributed by atoms with Crippen LogP contribution < -0.4 is 16.0 Å². The maximum atomic E-state index is 12.7. The van der Waals surface area contributed by atoms with Crippen molar-refractivity contribution < 1.29 is 9.59 Å². The van der Waals surface area contributed by atoms with Crippen molar-refractivity contribution in [2.24, 2.45) is 11.3 Å². The Morgan fingerprint density at radius 2 is 1.70 bits per heavy atom. The largest absolute Gasteiger partial charge is 0.348 e. The third-order valence-electron chi connectivity index (χ3n) is 5.83. The Labute approximate surface area is 159 Å². The molecule has 0 aromatic heterocycles. The first-order valence-electron chi connectivity index (χ1n) is 9.61. The lowest BCUT2D eigenvalue weighted by Gasteiger charge is -2.23. The monoisotopic (exact) mass is 363 g/mol. The minimum absolute atomic E-state index is 0.0419. The standard InChI is InChI=1S/C22H25N3O2/c26-20(24-15-16-6-2-1-3-7-16)17-8-4-5-9-19(17)25-21(27)18-14-22(18)10-12-23-13-11-22/h1-9,18,23H,10-15H2,(H,24,26)(H,25,27). The maximum Gasteiger partial charge on any atom is 0.253 e. The second-order valence-electron chi connectivity index (χ2n) is 7.57. The molecule has 140 valence electrons. The van der Waals surface area contributed by atoms with E-state index >= 15 is 0 Å². The number of amides is 2. The third-order valence-corrected chi connectivity index (χ3v) is 5.83. The molecule has 1 heterocycles. The normalized spacial score (nSPS) is 20.1. The van der Waals surface area contributed by atoms with Crippen LogP contribution in [-0.4, -0.2) is 24.9 Å². The quantitative estimate of drug-likeness (QED) is 0.765. The molecule has 2 aromatic carbocycles. The minimum Gasteiger partial charge on any atom is -0.348 e. The molecule has 1 aliphatic heterocycles. The van der Waals surface area contributed by atoms with Crippen molar-refractivity contribution in [1.29, 1.82) is 0 Å². The number of para-hydroxylation sites is 1. The highest BCUT2D eigenvalue weighted by Crippen LogP contribution is 2.58. The molecular formula is C22H25N3O2. The van der Waals surface area contributed by atoms with Crippen LogP contribution in [0.5, 0.6) is 0 Å². The van der Waals surface area contributed by atoms with Gasteiger partial charge in [0.05, 0.1) is 11.3 Å². The van der Waals surface area contributed by atoms with Gasteiger partial charge in [-0.15, -0.1) is 0 Å². The number of benzene rings is 2. The van der Waals surface area contributed by atoms with Crippen molar-refractivity contribution >= 4 is 17.5 Å². The predicted octanol–water partition coefficient (Wildman–Crippen LogP) is 2.94. The zero-order valence-electron chi connectivity index (χ0n) is 15.3. The minimum atomic E-state index is -0.179. The Balaban J connectivity index is 1.40. The number of hydrogen-bond donors (Lipinski definition) is 3. The molecule has 2 fully saturated rings. The molecular weight excluding hydrogens is 338 g/mol. The van der Waals surface area contributed by atoms with E-state index in [1.807, 2.05) is 42.5 Å². The van der Waals surface area contributed by atoms with E-state index in [0.29, 0.717) is 17.8 Å². The van der Waals surface area contributed by atoms with Gasteiger partial charge in [0.2, 0.25) is 5.91 Å². The second-order valence-corrected chi connectivity index (χ2v) is 7.57. The Morgan fingerprint density at radius 1 is 1.00 bits per heavy atom. The fraction of sp³-hybridized carbons (Fsp3) is 0.364. The Morgan fingerprint density at radius 3 is 2.48 bits per heavy atom. The average molecular weight is 363 g/mol. The van der Waals surface area contributed by atoms with Gasteiger partial charge in [0, 0.05) is 12.5 Å². The van der Waals surface area contributed by atoms with E-state index in [0.717, 1.165) is 37.9 Å². The molecule has 1 spiro atoms. The second kappa shape index (κ2) is 7.53. The van der Waals surface area contributed by atoms with Crippen molar-refractivity contribution in [2.45, 2.75) is 25.8 Å². The summed E-state index contributed by atoms with van der Waals surface area (Å²) in [5.41, 5.74) is 2.31. The highest BCUT2D eigenvalue weighted by atomic mass is 16.2. The van der Waals surface area contributed by atoms with E-state index in [1.165, 1.54) is 0 Å². The van der Waals surface area contributed by atoms with Crippen LogP contribution in [0.15, 0.2) is 54.6 Å². The van der Waals surface area contributed by atoms with Gasteiger partial charge in [-0.3, -0.25) is 9.59 Å². The van der Waals surface area contributed by atoms with Crippen LogP contribution in [0.25, 0.3) is 0 Å². The number of rotatable bonds is 5. The topological polar surface area (TPSA) is 70.2 Å². The lowest BCUT2D eigenvalue weighted by molar-refractivity contribution is -0.118. The van der Waals surface area contributed by atoms with Gasteiger partial charge in [-0.25, -0.2) is 0 Å². The van der Waals surface area contributed by atoms with E-state index in [2.05, 4.69) is 16.0 Å². The molecule has 1 atom stereocenters. The van der Waals surface area contributed by atoms with Gasteiger partial charge in [0.15, 0.2) is 0 Å². The first-order valence-corrected chi connectivity index (χ1v) is 9.61. The number of carbonyl (C=O) groups excluding carboxylic acids is 2. The molecule has 1 saturated carbocycles. The lowest BCUT2D eigenvalue weighted by Crippen LogP contribution is -2.32. The van der Waals surface area contributed by atoms with E-state index < -0.39 is 0 Å². The summed E-state index contributed by atoms with van der Waals surface area (Å²) in [7, 11) is 0. The average Bonchev–Trinajstić information content (AvgIpc) is 3.41. The number of hydrogen-bond acceptors (Lipinski definition) is 3. The highest BCUT2D eigenvalue weighted by molar-refractivity contribution is 6.04. The molecule has 0 bridgehead atoms. The van der Waals surface area contributed by atoms with Crippen molar-refractivity contribution in [2.75, 3.05) is 18.4 Å². The number of piperidine rings is 1. The molecule has 2 amide bonds. The molecule has 2 aliphatic rings. The van der Waals surface area contributed by atoms with Crippen LogP contribution >= 0.6 is 0 Å². The summed E-state index contributed by atoms with van der Waals surface area (Å²) in [6.07, 6.45) is 3.08. The van der Waals surface area contributed by atoms with Crippen LogP contribution in [0.2, 0.25) is 0 Å². The first kappa shape index (κ1) is 17.7. The highest BCUT2D eigenvalue weighted by Gasteiger charge is 2.57. The number of carbonyl (C=O) groups is 2. The van der Waals surface area contributed by atoms with Crippen LogP contribution in [0.3, 0.4) is 0 Å². The zero-order valence-corrected chi connectivity index (χ0v) is 15.3. The molecule has 1 saturated heterocycles. The van der Waals surface area contributed by atoms with Gasteiger partial charge in [-0.2, -0.15) is 0 Å². The fourth-order valence-electron chi connectivity index (χ4n) is 4.08. The molecule has 3 N–H and O–H groups in total. The van der Waals surface area contributed by atoms with Crippen molar-refractivity contribution in [3.63, 3.8) is 0 Å². The van der Waals surface area contributed by atoms with Gasteiger partial charge in [0.25, 0.3) is 5.91 Å². The lowest BCUT2D eigenvalue weighted by atomic mass is 9.91. The van der Waals surface area contributed by atoms with Crippen molar-refractivity contribution in [3.8, 4) is 0 Å². The molecule has 4 rings (SSSR count). The number of nitrogens with one attached hydrogen (secondary N) is 3. The van der Waals surface area contributed by atoms with Crippen LogP contribution in [0, 0.1) is 11.3 Å². The Kier molecular flexibility index (Phi) is 4.94. The van der Waals surface area contributed by atoms with Crippen molar-refractivity contribution in [3.05, 3.63) is 65.7 Å². The summed E-state index contributed by atoms with van der Waals surface area (Å²) >= 11 is 0. The smallest absolute Gasteiger partial charge is 0.253 e. The fourth-order valence-corrected chi connectivity index (χ4v) is 4.08. The molecule has 2 aromatic rings. The summed E-state index contributed by atoms with van der Waals surface area (Å²) in [6, 6.07) is 17.0. The van der Waals surface area contributed by atoms with E-state index in [9.17, 15) is 9.59 Å². The summed E-state index contributed by atoms with van der Waals surface area (Å²) < 4.78 is 0. The molecule has 27 heavy (non-hydrogen) atoms. The van der Waals surface area contributed by atoms with Crippen LogP contribution in [0.1, 0.15) is 35.2 Å². The zero-order chi connectivity index (χ0) is 18.7. The molecule has 1 aliphatic carbocycles. The van der Waals surface area contributed by atoms with Gasteiger partial charge in [-0.05, 0) is 55.5 Å². The Bertz CT molecular complexity index is 828. The number of anilines is 1. The molecule has 5 heteroatoms. The summed E-state index contributed by atoms with van der Waals surface area (Å²) in [5.74, 6) is -0.0672. The molecule has 0 radical (unpaired) electrons. The van der Waals surface area contributed by atoms with Gasteiger partial charge >= 0.3 is 0 Å². The van der Waals surface area contributed by atoms with Gasteiger partial charge in [0.1, 0.15) is 0 Å². The summed E-state index contributed by atoms with van der Waals surface area (Å²) in [4.78, 5) is 25.4. The predicted molar refractivity (Wildman–Crippen MR) is 105 cm³/mol. The Hall–Kier alpha value is -2.66. The third kappa shape index (κ3) is 3.88. The first-order chi connectivity index (χ1) is 13.2. The SMILES string of the molecule is O=C(NCc1ccccc1)c1ccccc1NC(=O)C1CC12CCNCC2. The van der Waals surface area contributed by atoms with E-state index in [4.69, 9.17) is 0 Å². The van der Waals surface area contributed by atoms with Gasteiger partial charge in [-0.1, -0.05) is 42.5 Å². The maximum absolute atomic E-state index is 12.7. The molecule has 1 unspecified atom stereocenters.